The molecule has 1 fully saturated rings. The van der Waals surface area contributed by atoms with Crippen molar-refractivity contribution in [3.05, 3.63) is 16.1 Å². The van der Waals surface area contributed by atoms with Gasteiger partial charge in [-0.3, -0.25) is 0 Å². The molecule has 2 atom stereocenters. The smallest absolute Gasteiger partial charge is 0.147 e. The van der Waals surface area contributed by atoms with E-state index in [2.05, 4.69) is 10.3 Å². The first-order chi connectivity index (χ1) is 8.58. The van der Waals surface area contributed by atoms with Gasteiger partial charge in [0.2, 0.25) is 0 Å². The second-order valence-corrected chi connectivity index (χ2v) is 5.49. The van der Waals surface area contributed by atoms with E-state index >= 15 is 0 Å². The third kappa shape index (κ3) is 3.19. The number of hydrogen-bond donors (Lipinski definition) is 3. The van der Waals surface area contributed by atoms with E-state index in [1.807, 2.05) is 0 Å². The standard InChI is InChI=1S/C12H17Cl2N3O/c13-8-5-9(14)12(17-11(8)15)16-6-7-3-1-2-4-10(7)18/h5,7,10,18H,1-4,6H2,(H3,15,16,17). The van der Waals surface area contributed by atoms with Gasteiger partial charge in [-0.05, 0) is 18.9 Å². The Balaban J connectivity index is 1.99. The lowest BCUT2D eigenvalue weighted by molar-refractivity contribution is 0.0763. The summed E-state index contributed by atoms with van der Waals surface area (Å²) in [5.74, 6) is 1.03. The lowest BCUT2D eigenvalue weighted by atomic mass is 9.86. The van der Waals surface area contributed by atoms with Crippen molar-refractivity contribution < 1.29 is 5.11 Å². The van der Waals surface area contributed by atoms with Crippen LogP contribution in [0.4, 0.5) is 11.6 Å². The van der Waals surface area contributed by atoms with E-state index in [0.29, 0.717) is 22.4 Å². The molecule has 4 nitrogen and oxygen atoms in total. The fourth-order valence-electron chi connectivity index (χ4n) is 2.26. The van der Waals surface area contributed by atoms with Gasteiger partial charge in [0.1, 0.15) is 11.6 Å². The van der Waals surface area contributed by atoms with Crippen molar-refractivity contribution in [2.45, 2.75) is 31.8 Å². The molecule has 1 aromatic rings. The number of pyridine rings is 1. The number of nitrogens with two attached hydrogens (primary N) is 1. The van der Waals surface area contributed by atoms with Crippen LogP contribution < -0.4 is 11.1 Å². The predicted octanol–water partition coefficient (Wildman–Crippen LogP) is 2.93. The van der Waals surface area contributed by atoms with Crippen molar-refractivity contribution in [3.63, 3.8) is 0 Å². The van der Waals surface area contributed by atoms with Crippen molar-refractivity contribution >= 4 is 34.8 Å². The van der Waals surface area contributed by atoms with Gasteiger partial charge in [-0.25, -0.2) is 4.98 Å². The quantitative estimate of drug-likeness (QED) is 0.800. The Kier molecular flexibility index (Phi) is 4.54. The topological polar surface area (TPSA) is 71.2 Å². The lowest BCUT2D eigenvalue weighted by Crippen LogP contribution is -2.30. The minimum absolute atomic E-state index is 0.241. The molecule has 0 aliphatic heterocycles. The minimum atomic E-state index is -0.241. The molecule has 2 unspecified atom stereocenters. The van der Waals surface area contributed by atoms with E-state index < -0.39 is 0 Å². The summed E-state index contributed by atoms with van der Waals surface area (Å²) >= 11 is 11.8. The van der Waals surface area contributed by atoms with Gasteiger partial charge in [0.25, 0.3) is 0 Å². The van der Waals surface area contributed by atoms with Crippen LogP contribution in [-0.4, -0.2) is 22.7 Å². The van der Waals surface area contributed by atoms with E-state index in [1.54, 1.807) is 6.07 Å². The summed E-state index contributed by atoms with van der Waals surface area (Å²) < 4.78 is 0. The molecule has 4 N–H and O–H groups in total. The van der Waals surface area contributed by atoms with Crippen LogP contribution in [0.15, 0.2) is 6.07 Å². The Labute approximate surface area is 116 Å². The van der Waals surface area contributed by atoms with E-state index in [1.165, 1.54) is 0 Å². The molecule has 1 saturated carbocycles. The zero-order valence-corrected chi connectivity index (χ0v) is 11.5. The van der Waals surface area contributed by atoms with Crippen LogP contribution in [0.1, 0.15) is 25.7 Å². The highest BCUT2D eigenvalue weighted by molar-refractivity contribution is 6.37. The van der Waals surface area contributed by atoms with Crippen LogP contribution in [0.5, 0.6) is 0 Å². The third-order valence-electron chi connectivity index (χ3n) is 3.36. The second-order valence-electron chi connectivity index (χ2n) is 4.68. The number of anilines is 2. The third-order valence-corrected chi connectivity index (χ3v) is 3.95. The highest BCUT2D eigenvalue weighted by atomic mass is 35.5. The van der Waals surface area contributed by atoms with Crippen molar-refractivity contribution in [1.82, 2.24) is 4.98 Å². The normalized spacial score (nSPS) is 23.9. The molecule has 18 heavy (non-hydrogen) atoms. The fourth-order valence-corrected chi connectivity index (χ4v) is 2.68. The lowest BCUT2D eigenvalue weighted by Gasteiger charge is -2.27. The van der Waals surface area contributed by atoms with Gasteiger partial charge in [-0.2, -0.15) is 0 Å². The molecule has 0 amide bonds. The number of nitrogens with one attached hydrogen (secondary N) is 1. The Morgan fingerprint density at radius 3 is 2.78 bits per heavy atom. The second kappa shape index (κ2) is 5.95. The molecule has 0 aromatic carbocycles. The molecule has 1 aliphatic carbocycles. The van der Waals surface area contributed by atoms with Crippen LogP contribution in [0, 0.1) is 5.92 Å². The molecular weight excluding hydrogens is 273 g/mol. The summed E-state index contributed by atoms with van der Waals surface area (Å²) in [6, 6.07) is 1.57. The number of hydrogen-bond acceptors (Lipinski definition) is 4. The molecule has 0 saturated heterocycles. The maximum absolute atomic E-state index is 9.88. The molecule has 100 valence electrons. The Hall–Kier alpha value is -0.710. The summed E-state index contributed by atoms with van der Waals surface area (Å²) in [5.41, 5.74) is 5.63. The van der Waals surface area contributed by atoms with E-state index in [0.717, 1.165) is 25.7 Å². The summed E-state index contributed by atoms with van der Waals surface area (Å²) in [7, 11) is 0. The van der Waals surface area contributed by atoms with Crippen LogP contribution in [0.3, 0.4) is 0 Å². The zero-order valence-electron chi connectivity index (χ0n) is 10.00. The van der Waals surface area contributed by atoms with Crippen molar-refractivity contribution in [1.29, 1.82) is 0 Å². The van der Waals surface area contributed by atoms with E-state index in [9.17, 15) is 5.11 Å². The van der Waals surface area contributed by atoms with Gasteiger partial charge in [-0.15, -0.1) is 0 Å². The Morgan fingerprint density at radius 2 is 2.06 bits per heavy atom. The maximum atomic E-state index is 9.88. The SMILES string of the molecule is Nc1nc(NCC2CCCCC2O)c(Cl)cc1Cl. The predicted molar refractivity (Wildman–Crippen MR) is 75.1 cm³/mol. The first-order valence-electron chi connectivity index (χ1n) is 6.11. The van der Waals surface area contributed by atoms with Gasteiger partial charge in [-0.1, -0.05) is 36.0 Å². The largest absolute Gasteiger partial charge is 0.393 e. The summed E-state index contributed by atoms with van der Waals surface area (Å²) in [6.45, 7) is 0.648. The maximum Gasteiger partial charge on any atom is 0.147 e. The van der Waals surface area contributed by atoms with Crippen molar-refractivity contribution in [2.24, 2.45) is 5.92 Å². The number of aliphatic hydroxyl groups is 1. The van der Waals surface area contributed by atoms with Gasteiger partial charge in [0.15, 0.2) is 0 Å². The van der Waals surface area contributed by atoms with Gasteiger partial charge >= 0.3 is 0 Å². The average molecular weight is 290 g/mol. The van der Waals surface area contributed by atoms with Gasteiger partial charge in [0, 0.05) is 12.5 Å². The van der Waals surface area contributed by atoms with Crippen molar-refractivity contribution in [2.75, 3.05) is 17.6 Å². The number of aliphatic hydroxyl groups excluding tert-OH is 1. The van der Waals surface area contributed by atoms with E-state index in [-0.39, 0.29) is 17.8 Å². The summed E-state index contributed by atoms with van der Waals surface area (Å²) in [5, 5.41) is 13.8. The molecule has 0 spiro atoms. The molecule has 1 aliphatic rings. The van der Waals surface area contributed by atoms with Gasteiger partial charge < -0.3 is 16.2 Å². The zero-order chi connectivity index (χ0) is 13.1. The molecule has 1 aromatic heterocycles. The number of aromatic nitrogens is 1. The molecule has 6 heteroatoms. The fraction of sp³-hybridized carbons (Fsp3) is 0.583. The molecule has 1 heterocycles. The monoisotopic (exact) mass is 289 g/mol. The Morgan fingerprint density at radius 1 is 1.33 bits per heavy atom. The molecule has 0 bridgehead atoms. The number of rotatable bonds is 3. The highest BCUT2D eigenvalue weighted by Crippen LogP contribution is 2.29. The summed E-state index contributed by atoms with van der Waals surface area (Å²) in [6.07, 6.45) is 3.91. The van der Waals surface area contributed by atoms with Crippen LogP contribution in [0.25, 0.3) is 0 Å². The first kappa shape index (κ1) is 13.7. The van der Waals surface area contributed by atoms with Crippen LogP contribution in [0.2, 0.25) is 10.0 Å². The number of halogens is 2. The average Bonchev–Trinajstić information content (AvgIpc) is 2.34. The Bertz CT molecular complexity index is 428. The molecule has 0 radical (unpaired) electrons. The van der Waals surface area contributed by atoms with Crippen molar-refractivity contribution in [3.8, 4) is 0 Å². The number of nitrogens with zero attached hydrogens (tertiary/aromatic N) is 1. The van der Waals surface area contributed by atoms with Gasteiger partial charge in [0.05, 0.1) is 16.1 Å². The minimum Gasteiger partial charge on any atom is -0.393 e. The van der Waals surface area contributed by atoms with Crippen LogP contribution in [-0.2, 0) is 0 Å². The molecular formula is C12H17Cl2N3O. The highest BCUT2D eigenvalue weighted by Gasteiger charge is 2.23. The number of nitrogen functional groups attached to an aromatic ring is 1. The first-order valence-corrected chi connectivity index (χ1v) is 6.87. The molecule has 2 rings (SSSR count). The van der Waals surface area contributed by atoms with E-state index in [4.69, 9.17) is 28.9 Å². The summed E-state index contributed by atoms with van der Waals surface area (Å²) in [4.78, 5) is 4.10. The van der Waals surface area contributed by atoms with Crippen LogP contribution >= 0.6 is 23.2 Å².